The van der Waals surface area contributed by atoms with Crippen LogP contribution in [0.3, 0.4) is 0 Å². The van der Waals surface area contributed by atoms with Crippen molar-refractivity contribution in [2.45, 2.75) is 136 Å². The second-order valence-corrected chi connectivity index (χ2v) is 15.1. The minimum Gasteiger partial charge on any atom is -0.106 e. The highest BCUT2D eigenvalue weighted by Gasteiger charge is 2.46. The van der Waals surface area contributed by atoms with Crippen LogP contribution in [0.15, 0.2) is 72.8 Å². The number of terminal acetylenes is 1. The van der Waals surface area contributed by atoms with E-state index in [0.29, 0.717) is 0 Å². The summed E-state index contributed by atoms with van der Waals surface area (Å²) in [5, 5.41) is 0. The molecule has 0 aromatic heterocycles. The van der Waals surface area contributed by atoms with Crippen molar-refractivity contribution in [2.24, 2.45) is 0 Å². The van der Waals surface area contributed by atoms with E-state index in [1.54, 1.807) is 0 Å². The summed E-state index contributed by atoms with van der Waals surface area (Å²) in [6.07, 6.45) is 23.5. The quantitative estimate of drug-likeness (QED) is 0.0671. The van der Waals surface area contributed by atoms with E-state index in [2.05, 4.69) is 149 Å². The predicted octanol–water partition coefficient (Wildman–Crippen LogP) is 13.0. The third-order valence-electron chi connectivity index (χ3n) is 10.8. The maximum absolute atomic E-state index is 5.30. The topological polar surface area (TPSA) is 0 Å². The smallest absolute Gasteiger partial charge is 0.0714 e. The molecule has 0 saturated heterocycles. The van der Waals surface area contributed by atoms with Gasteiger partial charge in [-0.15, -0.1) is 6.42 Å². The molecule has 5 rings (SSSR count). The van der Waals surface area contributed by atoms with Gasteiger partial charge in [0.1, 0.15) is 0 Å². The average Bonchev–Trinajstić information content (AvgIpc) is 3.44. The largest absolute Gasteiger partial charge is 0.106 e. The molecule has 0 radical (unpaired) electrons. The van der Waals surface area contributed by atoms with Crippen LogP contribution in [0.4, 0.5) is 0 Å². The Hall–Kier alpha value is -4.88. The molecule has 0 atom stereocenters. The van der Waals surface area contributed by atoms with Crippen LogP contribution >= 0.6 is 0 Å². The zero-order chi connectivity index (χ0) is 37.5. The normalized spacial score (nSPS) is 11.9. The fraction of sp³-hybridized carbons (Fsp3) is 0.396. The van der Waals surface area contributed by atoms with E-state index in [-0.39, 0.29) is 0 Å². The van der Waals surface area contributed by atoms with Crippen molar-refractivity contribution in [2.75, 3.05) is 0 Å². The number of rotatable bonds is 17. The van der Waals surface area contributed by atoms with Crippen LogP contribution in [-0.4, -0.2) is 0 Å². The van der Waals surface area contributed by atoms with Gasteiger partial charge < -0.3 is 0 Å². The fourth-order valence-electron chi connectivity index (χ4n) is 8.23. The molecule has 0 nitrogen and oxygen atoms in total. The van der Waals surface area contributed by atoms with Crippen LogP contribution in [0.5, 0.6) is 0 Å². The maximum atomic E-state index is 5.30. The molecule has 0 heterocycles. The van der Waals surface area contributed by atoms with E-state index in [0.717, 1.165) is 24.8 Å². The molecule has 53 heavy (non-hydrogen) atoms. The summed E-state index contributed by atoms with van der Waals surface area (Å²) in [4.78, 5) is 0. The predicted molar refractivity (Wildman–Crippen MR) is 228 cm³/mol. The van der Waals surface area contributed by atoms with Gasteiger partial charge in [0.15, 0.2) is 0 Å². The summed E-state index contributed by atoms with van der Waals surface area (Å²) in [5.74, 6) is 19.8. The molecular formula is C53H58. The number of hydrogen-bond acceptors (Lipinski definition) is 0. The van der Waals surface area contributed by atoms with Gasteiger partial charge in [-0.1, -0.05) is 156 Å². The molecule has 0 N–H and O–H groups in total. The summed E-state index contributed by atoms with van der Waals surface area (Å²) in [6.45, 7) is 11.4. The second-order valence-electron chi connectivity index (χ2n) is 15.1. The number of unbranched alkanes of at least 4 members (excludes halogenated alkanes) is 9. The van der Waals surface area contributed by atoms with E-state index in [9.17, 15) is 0 Å². The van der Waals surface area contributed by atoms with E-state index < -0.39 is 5.41 Å². The lowest BCUT2D eigenvalue weighted by atomic mass is 9.66. The van der Waals surface area contributed by atoms with Gasteiger partial charge in [-0.3, -0.25) is 0 Å². The van der Waals surface area contributed by atoms with Crippen molar-refractivity contribution in [3.8, 4) is 59.0 Å². The van der Waals surface area contributed by atoms with Crippen molar-refractivity contribution in [1.29, 1.82) is 0 Å². The molecule has 270 valence electrons. The first-order valence-corrected chi connectivity index (χ1v) is 20.4. The van der Waals surface area contributed by atoms with Gasteiger partial charge >= 0.3 is 0 Å². The van der Waals surface area contributed by atoms with Gasteiger partial charge in [0, 0.05) is 5.56 Å². The molecule has 0 unspecified atom stereocenters. The van der Waals surface area contributed by atoms with E-state index in [4.69, 9.17) is 6.42 Å². The van der Waals surface area contributed by atoms with Crippen LogP contribution in [0, 0.1) is 61.7 Å². The van der Waals surface area contributed by atoms with Crippen molar-refractivity contribution >= 4 is 0 Å². The van der Waals surface area contributed by atoms with Crippen LogP contribution in [0.1, 0.15) is 153 Å². The molecule has 0 heteroatoms. The second kappa shape index (κ2) is 19.8. The lowest BCUT2D eigenvalue weighted by molar-refractivity contribution is 0.658. The van der Waals surface area contributed by atoms with Crippen molar-refractivity contribution in [1.82, 2.24) is 0 Å². The molecular weight excluding hydrogens is 637 g/mol. The van der Waals surface area contributed by atoms with Crippen LogP contribution < -0.4 is 0 Å². The molecule has 0 spiro atoms. The highest BCUT2D eigenvalue weighted by atomic mass is 14.5. The Morgan fingerprint density at radius 3 is 1.42 bits per heavy atom. The molecule has 0 bridgehead atoms. The SMILES string of the molecule is C#CC#CC#CC#Cc1cc(CCCCCC)cc(C2(c3cc(CCCCCC)cc(CCCCCC)c3)c3cc(C)ccc3-c3ccc(C)cc32)c1. The Balaban J connectivity index is 1.81. The summed E-state index contributed by atoms with van der Waals surface area (Å²) in [5.41, 5.74) is 15.5. The van der Waals surface area contributed by atoms with Crippen LogP contribution in [0.25, 0.3) is 11.1 Å². The summed E-state index contributed by atoms with van der Waals surface area (Å²) >= 11 is 0. The number of hydrogen-bond donors (Lipinski definition) is 0. The minimum atomic E-state index is -0.486. The molecule has 0 aliphatic heterocycles. The van der Waals surface area contributed by atoms with Crippen molar-refractivity contribution < 1.29 is 0 Å². The van der Waals surface area contributed by atoms with E-state index >= 15 is 0 Å². The molecule has 4 aromatic carbocycles. The first-order chi connectivity index (χ1) is 25.9. The summed E-state index contributed by atoms with van der Waals surface area (Å²) in [6, 6.07) is 29.1. The van der Waals surface area contributed by atoms with E-state index in [1.165, 1.54) is 138 Å². The van der Waals surface area contributed by atoms with E-state index in [1.807, 2.05) is 0 Å². The number of benzene rings is 4. The Labute approximate surface area is 322 Å². The van der Waals surface area contributed by atoms with Gasteiger partial charge in [-0.2, -0.15) is 0 Å². The average molecular weight is 695 g/mol. The Morgan fingerprint density at radius 1 is 0.472 bits per heavy atom. The first kappa shape index (κ1) is 39.3. The third kappa shape index (κ3) is 9.76. The Morgan fingerprint density at radius 2 is 0.925 bits per heavy atom. The molecule has 1 aliphatic carbocycles. The molecule has 0 amide bonds. The number of aryl methyl sites for hydroxylation is 5. The van der Waals surface area contributed by atoms with Gasteiger partial charge in [0.2, 0.25) is 0 Å². The van der Waals surface area contributed by atoms with Crippen LogP contribution in [0.2, 0.25) is 0 Å². The van der Waals surface area contributed by atoms with Gasteiger partial charge in [-0.05, 0) is 150 Å². The first-order valence-electron chi connectivity index (χ1n) is 20.4. The molecule has 0 fully saturated rings. The maximum Gasteiger partial charge on any atom is 0.0714 e. The zero-order valence-electron chi connectivity index (χ0n) is 33.1. The molecule has 1 aliphatic rings. The molecule has 4 aromatic rings. The highest BCUT2D eigenvalue weighted by Crippen LogP contribution is 2.57. The fourth-order valence-corrected chi connectivity index (χ4v) is 8.23. The highest BCUT2D eigenvalue weighted by molar-refractivity contribution is 5.87. The molecule has 0 saturated carbocycles. The Kier molecular flexibility index (Phi) is 14.7. The number of fused-ring (bicyclic) bond motifs is 3. The van der Waals surface area contributed by atoms with Gasteiger partial charge in [0.05, 0.1) is 5.41 Å². The summed E-state index contributed by atoms with van der Waals surface area (Å²) in [7, 11) is 0. The van der Waals surface area contributed by atoms with Gasteiger partial charge in [0.25, 0.3) is 0 Å². The standard InChI is InChI=1S/C53H58/c1-7-11-15-19-20-24-28-46-36-45(27-23-18-14-10-4)39-48(40-46)53(51-33-41(5)29-31-49(51)50-32-30-42(6)34-52(50)53)47-37-43(25-21-16-12-8-2)35-44(38-47)26-22-17-13-9-3/h1,29-40H,8-10,12-14,16-18,21-23,25-27H2,2-6H3. The summed E-state index contributed by atoms with van der Waals surface area (Å²) < 4.78 is 0. The lowest BCUT2D eigenvalue weighted by Crippen LogP contribution is -2.29. The van der Waals surface area contributed by atoms with Crippen LogP contribution in [-0.2, 0) is 24.7 Å². The van der Waals surface area contributed by atoms with Gasteiger partial charge in [-0.25, -0.2) is 0 Å². The monoisotopic (exact) mass is 694 g/mol. The zero-order valence-corrected chi connectivity index (χ0v) is 33.1. The van der Waals surface area contributed by atoms with Crippen molar-refractivity contribution in [3.05, 3.63) is 128 Å². The van der Waals surface area contributed by atoms with Crippen molar-refractivity contribution in [3.63, 3.8) is 0 Å². The lowest BCUT2D eigenvalue weighted by Gasteiger charge is -2.35. The third-order valence-corrected chi connectivity index (χ3v) is 10.8. The minimum absolute atomic E-state index is 0.486. The Bertz CT molecular complexity index is 2010.